The fraction of sp³-hybridized carbons (Fsp3) is 0. The number of hydrogen-bond acceptors (Lipinski definition) is 0. The van der Waals surface area contributed by atoms with Crippen molar-refractivity contribution in [3.8, 4) is 0 Å². The molecule has 0 spiro atoms. The molecule has 0 saturated carbocycles. The molecule has 0 aromatic rings. The van der Waals surface area contributed by atoms with Gasteiger partial charge in [0.1, 0.15) is 0 Å². The van der Waals surface area contributed by atoms with Crippen LogP contribution in [0.5, 0.6) is 0 Å². The molecule has 0 rings (SSSR count). The number of hydrogen-bond donors (Lipinski definition) is 0. The van der Waals surface area contributed by atoms with Gasteiger partial charge in [-0.15, -0.1) is 0 Å². The van der Waals surface area contributed by atoms with Crippen LogP contribution in [0.4, 0.5) is 0 Å². The molecule has 0 heterocycles. The fourth-order valence-electron chi connectivity index (χ4n) is 0. The third-order valence-corrected chi connectivity index (χ3v) is 0. The molecule has 0 fully saturated rings. The molecule has 0 aliphatic heterocycles. The Balaban J connectivity index is 0. The molecule has 0 aliphatic carbocycles. The predicted octanol–water partition coefficient (Wildman–Crippen LogP) is -10.3. The minimum Gasteiger partial charge on any atom is -3.00 e. The molecule has 0 atom stereocenters. The Morgan fingerprint density at radius 1 is 0.429 bits per heavy atom. The molecule has 0 N–H and O–H groups in total. The van der Waals surface area contributed by atoms with Crippen molar-refractivity contribution in [3.05, 3.63) is 0 Å². The zero-order valence-electron chi connectivity index (χ0n) is 5.60. The van der Waals surface area contributed by atoms with Crippen molar-refractivity contribution in [2.24, 2.45) is 0 Å². The van der Waals surface area contributed by atoms with Gasteiger partial charge in [-0.2, -0.15) is 0 Å². The summed E-state index contributed by atoms with van der Waals surface area (Å²) in [5, 5.41) is 0. The van der Waals surface area contributed by atoms with E-state index in [9.17, 15) is 0 Å². The monoisotopic (exact) mass is 282 g/mol. The predicted molar refractivity (Wildman–Crippen MR) is 13.8 cm³/mol. The Kier molecular flexibility index (Phi) is 242. The van der Waals surface area contributed by atoms with E-state index in [4.69, 9.17) is 0 Å². The van der Waals surface area contributed by atoms with Crippen LogP contribution < -0.4 is 206 Å². The van der Waals surface area contributed by atoms with Gasteiger partial charge in [0.25, 0.3) is 0 Å². The minimum absolute atomic E-state index is 0. The van der Waals surface area contributed by atoms with Gasteiger partial charge in [0.05, 0.1) is 0 Å². The van der Waals surface area contributed by atoms with Gasteiger partial charge in [0.15, 0.2) is 0 Å². The summed E-state index contributed by atoms with van der Waals surface area (Å²) in [5.41, 5.74) is 0. The van der Waals surface area contributed by atoms with Crippen molar-refractivity contribution in [2.75, 3.05) is 0 Å². The van der Waals surface area contributed by atoms with Crippen LogP contribution in [-0.4, -0.2) is 0 Å². The Morgan fingerprint density at radius 2 is 0.429 bits per heavy atom. The summed E-state index contributed by atoms with van der Waals surface area (Å²) in [4.78, 5) is 0. The first-order valence-electron chi connectivity index (χ1n) is 0. The van der Waals surface area contributed by atoms with Crippen LogP contribution >= 0.6 is 19.8 Å². The van der Waals surface area contributed by atoms with E-state index in [1.807, 2.05) is 0 Å². The van der Waals surface area contributed by atoms with Gasteiger partial charge >= 0.3 is 225 Å². The van der Waals surface area contributed by atoms with Crippen LogP contribution in [0.2, 0.25) is 0 Å². The summed E-state index contributed by atoms with van der Waals surface area (Å²) in [6, 6.07) is 0. The molecule has 0 radical (unpaired) electrons. The van der Waals surface area contributed by atoms with Crippen molar-refractivity contribution in [1.29, 1.82) is 0 Å². The Morgan fingerprint density at radius 3 is 0.429 bits per heavy atom. The SMILES string of the molecule is [K+].[K+].[K+].[K+].[P-3].[P-3].[Zn+2]. The van der Waals surface area contributed by atoms with E-state index in [1.165, 1.54) is 0 Å². The molecule has 0 bridgehead atoms. The summed E-state index contributed by atoms with van der Waals surface area (Å²) in [6.45, 7) is 0. The van der Waals surface area contributed by atoms with E-state index in [0.717, 1.165) is 0 Å². The van der Waals surface area contributed by atoms with Crippen molar-refractivity contribution in [2.45, 2.75) is 0 Å². The smallest absolute Gasteiger partial charge is 2.00 e. The average molecular weight is 284 g/mol. The molecule has 0 unspecified atom stereocenters. The van der Waals surface area contributed by atoms with Gasteiger partial charge in [0.2, 0.25) is 0 Å². The van der Waals surface area contributed by atoms with Gasteiger partial charge in [-0.1, -0.05) is 0 Å². The van der Waals surface area contributed by atoms with E-state index in [1.54, 1.807) is 0 Å². The molecule has 7 heteroatoms. The van der Waals surface area contributed by atoms with Gasteiger partial charge in [-0.3, -0.25) is 0 Å². The molecule has 0 aromatic heterocycles. The molecule has 0 saturated heterocycles. The Labute approximate surface area is 235 Å². The summed E-state index contributed by atoms with van der Waals surface area (Å²) in [5.74, 6) is 0. The van der Waals surface area contributed by atoms with Gasteiger partial charge in [-0.05, 0) is 0 Å². The second kappa shape index (κ2) is 36.9. The maximum Gasteiger partial charge on any atom is 2.00 e. The molecule has 0 amide bonds. The molecular weight excluding hydrogens is 284 g/mol. The molecule has 0 aromatic carbocycles. The van der Waals surface area contributed by atoms with Crippen LogP contribution in [0.15, 0.2) is 0 Å². The van der Waals surface area contributed by atoms with Crippen LogP contribution in [0, 0.1) is 0 Å². The minimum atomic E-state index is 0. The van der Waals surface area contributed by atoms with Crippen LogP contribution in [0.1, 0.15) is 0 Å². The normalized spacial score (nSPS) is 0. The number of rotatable bonds is 0. The fourth-order valence-corrected chi connectivity index (χ4v) is 0. The first kappa shape index (κ1) is 45.9. The first-order valence-corrected chi connectivity index (χ1v) is 0. The van der Waals surface area contributed by atoms with Gasteiger partial charge < -0.3 is 19.8 Å². The molecule has 0 nitrogen and oxygen atoms in total. The zero-order valence-corrected chi connectivity index (χ0v) is 22.8. The Hall–Kier alpha value is 8.03. The van der Waals surface area contributed by atoms with E-state index in [0.29, 0.717) is 0 Å². The molecule has 7 heavy (non-hydrogen) atoms. The first-order chi connectivity index (χ1) is 0. The van der Waals surface area contributed by atoms with E-state index in [2.05, 4.69) is 0 Å². The quantitative estimate of drug-likeness (QED) is 0.306. The third kappa shape index (κ3) is 31.5. The maximum absolute atomic E-state index is 0. The standard InChI is InChI=1S/4K.2P.Zn/q4*+1;2*-3;+2. The van der Waals surface area contributed by atoms with Crippen molar-refractivity contribution >= 4 is 19.8 Å². The summed E-state index contributed by atoms with van der Waals surface area (Å²) >= 11 is 0. The molecule has 16 valence electrons. The molecular formula is K4P2Zn. The zero-order chi connectivity index (χ0) is 0. The van der Waals surface area contributed by atoms with Crippen LogP contribution in [-0.2, 0) is 19.5 Å². The maximum atomic E-state index is 0. The van der Waals surface area contributed by atoms with Crippen molar-refractivity contribution in [1.82, 2.24) is 0 Å². The Bertz CT molecular complexity index is 9.65. The molecule has 0 aliphatic rings. The second-order valence-electron chi connectivity index (χ2n) is 0. The van der Waals surface area contributed by atoms with Crippen molar-refractivity contribution < 1.29 is 225 Å². The van der Waals surface area contributed by atoms with E-state index in [-0.39, 0.29) is 245 Å². The van der Waals surface area contributed by atoms with E-state index >= 15 is 0 Å². The average Bonchev–Trinajstić information content (AvgIpc) is 0. The van der Waals surface area contributed by atoms with E-state index < -0.39 is 0 Å². The second-order valence-corrected chi connectivity index (χ2v) is 0. The van der Waals surface area contributed by atoms with Gasteiger partial charge in [0, 0.05) is 0 Å². The van der Waals surface area contributed by atoms with Gasteiger partial charge in [-0.25, -0.2) is 0 Å². The summed E-state index contributed by atoms with van der Waals surface area (Å²) < 4.78 is 0. The topological polar surface area (TPSA) is 0 Å². The third-order valence-electron chi connectivity index (χ3n) is 0. The summed E-state index contributed by atoms with van der Waals surface area (Å²) in [6.07, 6.45) is 0. The largest absolute Gasteiger partial charge is 3.00 e. The summed E-state index contributed by atoms with van der Waals surface area (Å²) in [7, 11) is 0. The van der Waals surface area contributed by atoms with Crippen LogP contribution in [0.3, 0.4) is 0 Å². The van der Waals surface area contributed by atoms with Crippen molar-refractivity contribution in [3.63, 3.8) is 0 Å². The van der Waals surface area contributed by atoms with Crippen LogP contribution in [0.25, 0.3) is 0 Å².